The molecule has 2 heterocycles. The number of carbonyl (C=O) groups is 2. The lowest BCUT2D eigenvalue weighted by Gasteiger charge is -2.43. The van der Waals surface area contributed by atoms with Crippen LogP contribution in [0.5, 0.6) is 0 Å². The number of hydrogen-bond acceptors (Lipinski definition) is 3. The highest BCUT2D eigenvalue weighted by Crippen LogP contribution is 2.52. The van der Waals surface area contributed by atoms with E-state index in [2.05, 4.69) is 14.0 Å². The Bertz CT molecular complexity index is 660. The van der Waals surface area contributed by atoms with Gasteiger partial charge in [0.15, 0.2) is 5.78 Å². The van der Waals surface area contributed by atoms with E-state index in [1.54, 1.807) is 11.0 Å². The number of hydrogen-bond donors (Lipinski definition) is 2. The van der Waals surface area contributed by atoms with E-state index < -0.39 is 0 Å². The lowest BCUT2D eigenvalue weighted by atomic mass is 9.61. The summed E-state index contributed by atoms with van der Waals surface area (Å²) in [5.74, 6) is 0.259. The topological polar surface area (TPSA) is 52.2 Å². The van der Waals surface area contributed by atoms with E-state index >= 15 is 0 Å². The van der Waals surface area contributed by atoms with Crippen LogP contribution in [0.1, 0.15) is 26.7 Å². The zero-order valence-electron chi connectivity index (χ0n) is 15.6. The van der Waals surface area contributed by atoms with Gasteiger partial charge in [-0.1, -0.05) is 13.0 Å². The molecule has 0 unspecified atom stereocenters. The van der Waals surface area contributed by atoms with Crippen LogP contribution in [0.25, 0.3) is 0 Å². The number of esters is 1. The SMILES string of the molecule is CC1=C2[C@H]3OC(=O)[C@H](C[NH+]4CC[NH+](C)CC4)[C@@H]3CC[C@]2(C)C=CC1=O. The first-order valence-electron chi connectivity index (χ1n) is 9.69. The molecule has 2 N–H and O–H groups in total. The van der Waals surface area contributed by atoms with Crippen molar-refractivity contribution in [2.45, 2.75) is 32.8 Å². The maximum absolute atomic E-state index is 12.7. The number of rotatable bonds is 2. The van der Waals surface area contributed by atoms with Crippen molar-refractivity contribution >= 4 is 11.8 Å². The maximum atomic E-state index is 12.7. The highest BCUT2D eigenvalue weighted by molar-refractivity contribution is 6.05. The number of ketones is 1. The van der Waals surface area contributed by atoms with Crippen molar-refractivity contribution in [3.05, 3.63) is 23.3 Å². The van der Waals surface area contributed by atoms with Gasteiger partial charge in [0, 0.05) is 16.9 Å². The Labute approximate surface area is 149 Å². The predicted molar refractivity (Wildman–Crippen MR) is 93.2 cm³/mol. The molecule has 4 atom stereocenters. The van der Waals surface area contributed by atoms with Crippen LogP contribution in [0.2, 0.25) is 0 Å². The summed E-state index contributed by atoms with van der Waals surface area (Å²) in [5.41, 5.74) is 1.74. The van der Waals surface area contributed by atoms with Crippen molar-refractivity contribution in [2.75, 3.05) is 39.8 Å². The molecule has 2 saturated heterocycles. The Kier molecular flexibility index (Phi) is 4.12. The molecule has 4 aliphatic rings. The molecule has 0 spiro atoms. The van der Waals surface area contributed by atoms with E-state index in [-0.39, 0.29) is 35.1 Å². The minimum atomic E-state index is -0.192. The van der Waals surface area contributed by atoms with E-state index in [9.17, 15) is 9.59 Å². The minimum absolute atomic E-state index is 0.00994. The number of fused-ring (bicyclic) bond motifs is 3. The van der Waals surface area contributed by atoms with Crippen molar-refractivity contribution in [1.82, 2.24) is 0 Å². The standard InChI is InChI=1S/C20H28N2O3/c1-13-16(23)5-7-20(2)6-4-14-15(19(24)25-18(14)17(13)20)12-22-10-8-21(3)9-11-22/h5,7,14-15,18H,4,6,8-12H2,1-3H3/p+2/t14-,15+,18-,20+/m0/s1. The number of allylic oxidation sites excluding steroid dienone is 3. The number of ether oxygens (including phenoxy) is 1. The van der Waals surface area contributed by atoms with Crippen LogP contribution >= 0.6 is 0 Å². The Morgan fingerprint density at radius 3 is 2.68 bits per heavy atom. The summed E-state index contributed by atoms with van der Waals surface area (Å²) in [5, 5.41) is 0. The third-order valence-electron chi connectivity index (χ3n) is 7.04. The van der Waals surface area contributed by atoms with E-state index in [4.69, 9.17) is 4.74 Å². The number of piperazine rings is 1. The molecule has 0 amide bonds. The van der Waals surface area contributed by atoms with Gasteiger partial charge < -0.3 is 14.5 Å². The molecule has 3 fully saturated rings. The molecule has 0 bridgehead atoms. The third-order valence-corrected chi connectivity index (χ3v) is 7.04. The fourth-order valence-corrected chi connectivity index (χ4v) is 5.35. The summed E-state index contributed by atoms with van der Waals surface area (Å²) >= 11 is 0. The van der Waals surface area contributed by atoms with E-state index in [0.717, 1.165) is 43.6 Å². The van der Waals surface area contributed by atoms with Gasteiger partial charge in [-0.15, -0.1) is 0 Å². The molecule has 2 aliphatic heterocycles. The molecule has 0 aromatic heterocycles. The van der Waals surface area contributed by atoms with Gasteiger partial charge >= 0.3 is 5.97 Å². The first kappa shape index (κ1) is 17.0. The third kappa shape index (κ3) is 2.77. The Balaban J connectivity index is 1.56. The molecule has 136 valence electrons. The normalized spacial score (nSPS) is 43.7. The second-order valence-corrected chi connectivity index (χ2v) is 8.73. The van der Waals surface area contributed by atoms with Crippen molar-refractivity contribution in [1.29, 1.82) is 0 Å². The number of quaternary nitrogens is 2. The molecule has 2 aliphatic carbocycles. The van der Waals surface area contributed by atoms with Gasteiger partial charge in [0.1, 0.15) is 38.2 Å². The summed E-state index contributed by atoms with van der Waals surface area (Å²) in [6, 6.07) is 0. The molecular formula is C20H30N2O3+2. The molecule has 25 heavy (non-hydrogen) atoms. The van der Waals surface area contributed by atoms with Gasteiger partial charge in [-0.05, 0) is 31.4 Å². The molecular weight excluding hydrogens is 316 g/mol. The van der Waals surface area contributed by atoms with Crippen LogP contribution < -0.4 is 9.80 Å². The van der Waals surface area contributed by atoms with Gasteiger partial charge in [0.05, 0.1) is 13.6 Å². The quantitative estimate of drug-likeness (QED) is 0.619. The highest BCUT2D eigenvalue weighted by Gasteiger charge is 2.55. The van der Waals surface area contributed by atoms with Gasteiger partial charge in [0.2, 0.25) is 0 Å². The molecule has 1 saturated carbocycles. The molecule has 4 rings (SSSR count). The van der Waals surface area contributed by atoms with Crippen molar-refractivity contribution in [2.24, 2.45) is 17.3 Å². The zero-order valence-corrected chi connectivity index (χ0v) is 15.6. The highest BCUT2D eigenvalue weighted by atomic mass is 16.6. The van der Waals surface area contributed by atoms with E-state index in [1.807, 2.05) is 13.0 Å². The fraction of sp³-hybridized carbons (Fsp3) is 0.700. The number of carbonyl (C=O) groups excluding carboxylic acids is 2. The van der Waals surface area contributed by atoms with Gasteiger partial charge in [-0.25, -0.2) is 0 Å². The summed E-state index contributed by atoms with van der Waals surface area (Å²) in [7, 11) is 2.24. The monoisotopic (exact) mass is 346 g/mol. The average molecular weight is 346 g/mol. The lowest BCUT2D eigenvalue weighted by Crippen LogP contribution is -3.27. The van der Waals surface area contributed by atoms with Crippen LogP contribution in [-0.2, 0) is 14.3 Å². The van der Waals surface area contributed by atoms with E-state index in [1.165, 1.54) is 18.0 Å². The first-order valence-corrected chi connectivity index (χ1v) is 9.69. The van der Waals surface area contributed by atoms with Gasteiger partial charge in [0.25, 0.3) is 0 Å². The van der Waals surface area contributed by atoms with Crippen LogP contribution in [-0.4, -0.2) is 57.6 Å². The largest absolute Gasteiger partial charge is 0.457 e. The predicted octanol–water partition coefficient (Wildman–Crippen LogP) is -1.19. The summed E-state index contributed by atoms with van der Waals surface area (Å²) in [4.78, 5) is 28.0. The summed E-state index contributed by atoms with van der Waals surface area (Å²) in [6.07, 6.45) is 5.54. The van der Waals surface area contributed by atoms with Crippen LogP contribution in [0, 0.1) is 17.3 Å². The molecule has 0 radical (unpaired) electrons. The van der Waals surface area contributed by atoms with Crippen molar-refractivity contribution < 1.29 is 24.1 Å². The Hall–Kier alpha value is -1.46. The van der Waals surface area contributed by atoms with Crippen LogP contribution in [0.4, 0.5) is 0 Å². The Morgan fingerprint density at radius 2 is 1.96 bits per heavy atom. The number of likely N-dealkylation sites (N-methyl/N-ethyl adjacent to an activating group) is 1. The maximum Gasteiger partial charge on any atom is 0.315 e. The second kappa shape index (κ2) is 6.06. The summed E-state index contributed by atoms with van der Waals surface area (Å²) < 4.78 is 5.89. The van der Waals surface area contributed by atoms with Crippen molar-refractivity contribution in [3.63, 3.8) is 0 Å². The first-order chi connectivity index (χ1) is 11.9. The van der Waals surface area contributed by atoms with Crippen molar-refractivity contribution in [3.8, 4) is 0 Å². The van der Waals surface area contributed by atoms with Crippen LogP contribution in [0.15, 0.2) is 23.3 Å². The zero-order chi connectivity index (χ0) is 17.8. The lowest BCUT2D eigenvalue weighted by molar-refractivity contribution is -1.00. The fourth-order valence-electron chi connectivity index (χ4n) is 5.35. The average Bonchev–Trinajstić information content (AvgIpc) is 2.89. The van der Waals surface area contributed by atoms with Gasteiger partial charge in [-0.3, -0.25) is 9.59 Å². The molecule has 5 heteroatoms. The van der Waals surface area contributed by atoms with Crippen LogP contribution in [0.3, 0.4) is 0 Å². The van der Waals surface area contributed by atoms with Gasteiger partial charge in [-0.2, -0.15) is 0 Å². The minimum Gasteiger partial charge on any atom is -0.457 e. The number of nitrogens with one attached hydrogen (secondary N) is 2. The Morgan fingerprint density at radius 1 is 1.24 bits per heavy atom. The molecule has 0 aromatic rings. The van der Waals surface area contributed by atoms with E-state index in [0.29, 0.717) is 0 Å². The molecule has 0 aromatic carbocycles. The second-order valence-electron chi connectivity index (χ2n) is 8.73. The smallest absolute Gasteiger partial charge is 0.315 e. The molecule has 5 nitrogen and oxygen atoms in total. The summed E-state index contributed by atoms with van der Waals surface area (Å²) in [6.45, 7) is 9.58.